The van der Waals surface area contributed by atoms with E-state index in [0.29, 0.717) is 18.7 Å². The van der Waals surface area contributed by atoms with Crippen LogP contribution in [0.1, 0.15) is 28.8 Å². The van der Waals surface area contributed by atoms with Crippen LogP contribution in [0.15, 0.2) is 47.4 Å². The molecule has 0 atom stereocenters. The number of nitrogens with one attached hydrogen (secondary N) is 1. The fraction of sp³-hybridized carbons (Fsp3) is 0.278. The quantitative estimate of drug-likeness (QED) is 0.844. The van der Waals surface area contributed by atoms with Crippen LogP contribution in [-0.4, -0.2) is 31.7 Å². The summed E-state index contributed by atoms with van der Waals surface area (Å²) < 4.78 is 40.3. The van der Waals surface area contributed by atoms with Gasteiger partial charge in [0.15, 0.2) is 0 Å². The summed E-state index contributed by atoms with van der Waals surface area (Å²) in [5.41, 5.74) is 0.376. The first-order valence-electron chi connectivity index (χ1n) is 8.21. The molecule has 26 heavy (non-hydrogen) atoms. The molecule has 0 aliphatic carbocycles. The van der Waals surface area contributed by atoms with Crippen molar-refractivity contribution in [2.24, 2.45) is 0 Å². The molecule has 1 aliphatic heterocycles. The molecule has 0 saturated carbocycles. The molecule has 2 aromatic rings. The zero-order chi connectivity index (χ0) is 18.7. The van der Waals surface area contributed by atoms with E-state index in [1.165, 1.54) is 28.6 Å². The third kappa shape index (κ3) is 3.90. The zero-order valence-electron chi connectivity index (χ0n) is 13.9. The van der Waals surface area contributed by atoms with E-state index < -0.39 is 21.7 Å². The molecule has 0 radical (unpaired) electrons. The maximum atomic E-state index is 13.7. The third-order valence-electron chi connectivity index (χ3n) is 4.28. The van der Waals surface area contributed by atoms with Gasteiger partial charge in [-0.1, -0.05) is 29.8 Å². The number of rotatable bonds is 5. The number of benzene rings is 2. The summed E-state index contributed by atoms with van der Waals surface area (Å²) in [6.07, 6.45) is 1.64. The molecule has 1 fully saturated rings. The van der Waals surface area contributed by atoms with Crippen LogP contribution in [0.2, 0.25) is 5.02 Å². The first-order chi connectivity index (χ1) is 12.4. The average molecular weight is 397 g/mol. The van der Waals surface area contributed by atoms with Gasteiger partial charge < -0.3 is 5.32 Å². The molecular formula is C18H18ClFN2O3S. The first-order valence-corrected chi connectivity index (χ1v) is 10.0. The number of carbonyl (C=O) groups excluding carboxylic acids is 1. The second-order valence-electron chi connectivity index (χ2n) is 6.03. The molecule has 138 valence electrons. The van der Waals surface area contributed by atoms with Gasteiger partial charge in [-0.05, 0) is 37.1 Å². The van der Waals surface area contributed by atoms with Crippen molar-refractivity contribution in [2.45, 2.75) is 24.3 Å². The number of amides is 1. The molecular weight excluding hydrogens is 379 g/mol. The topological polar surface area (TPSA) is 66.5 Å². The van der Waals surface area contributed by atoms with E-state index >= 15 is 0 Å². The maximum Gasteiger partial charge on any atom is 0.253 e. The van der Waals surface area contributed by atoms with Crippen LogP contribution in [0.3, 0.4) is 0 Å². The summed E-state index contributed by atoms with van der Waals surface area (Å²) in [6, 6.07) is 10.1. The molecule has 2 aromatic carbocycles. The molecule has 1 saturated heterocycles. The summed E-state index contributed by atoms with van der Waals surface area (Å²) in [7, 11) is -3.65. The van der Waals surface area contributed by atoms with Gasteiger partial charge in [0.25, 0.3) is 5.91 Å². The lowest BCUT2D eigenvalue weighted by atomic mass is 10.2. The van der Waals surface area contributed by atoms with E-state index in [2.05, 4.69) is 5.32 Å². The Kier molecular flexibility index (Phi) is 5.60. The average Bonchev–Trinajstić information content (AvgIpc) is 3.16. The molecule has 0 aromatic heterocycles. The van der Waals surface area contributed by atoms with Crippen molar-refractivity contribution in [1.82, 2.24) is 9.62 Å². The van der Waals surface area contributed by atoms with Crippen molar-refractivity contribution in [3.63, 3.8) is 0 Å². The van der Waals surface area contributed by atoms with Gasteiger partial charge in [0.05, 0.1) is 15.5 Å². The Morgan fingerprint density at radius 2 is 1.85 bits per heavy atom. The number of carbonyl (C=O) groups is 1. The minimum absolute atomic E-state index is 0.0229. The van der Waals surface area contributed by atoms with Gasteiger partial charge in [0.1, 0.15) is 5.82 Å². The molecule has 0 unspecified atom stereocenters. The van der Waals surface area contributed by atoms with Crippen molar-refractivity contribution in [2.75, 3.05) is 13.1 Å². The van der Waals surface area contributed by atoms with Crippen LogP contribution in [0, 0.1) is 5.82 Å². The van der Waals surface area contributed by atoms with Crippen molar-refractivity contribution < 1.29 is 17.6 Å². The lowest BCUT2D eigenvalue weighted by molar-refractivity contribution is 0.0950. The van der Waals surface area contributed by atoms with Crippen LogP contribution in [-0.2, 0) is 16.6 Å². The summed E-state index contributed by atoms with van der Waals surface area (Å²) >= 11 is 6.07. The van der Waals surface area contributed by atoms with Crippen molar-refractivity contribution in [3.8, 4) is 0 Å². The normalized spacial score (nSPS) is 15.2. The summed E-state index contributed by atoms with van der Waals surface area (Å²) in [5, 5.41) is 2.71. The SMILES string of the molecule is O=C(NCc1ccccc1F)c1cc(S(=O)(=O)N2CCCC2)ccc1Cl. The highest BCUT2D eigenvalue weighted by atomic mass is 35.5. The smallest absolute Gasteiger partial charge is 0.253 e. The summed E-state index contributed by atoms with van der Waals surface area (Å²) in [4.78, 5) is 12.5. The van der Waals surface area contributed by atoms with E-state index in [1.54, 1.807) is 18.2 Å². The second kappa shape index (κ2) is 7.73. The third-order valence-corrected chi connectivity index (χ3v) is 6.51. The van der Waals surface area contributed by atoms with E-state index in [4.69, 9.17) is 11.6 Å². The van der Waals surface area contributed by atoms with Gasteiger partial charge in [-0.2, -0.15) is 4.31 Å². The van der Waals surface area contributed by atoms with Gasteiger partial charge in [-0.3, -0.25) is 4.79 Å². The standard InChI is InChI=1S/C18H18ClFN2O3S/c19-16-8-7-14(26(24,25)22-9-3-4-10-22)11-15(16)18(23)21-12-13-5-1-2-6-17(13)20/h1-2,5-8,11H,3-4,9-10,12H2,(H,21,23). The lowest BCUT2D eigenvalue weighted by Crippen LogP contribution is -2.28. The second-order valence-corrected chi connectivity index (χ2v) is 8.37. The highest BCUT2D eigenvalue weighted by Gasteiger charge is 2.28. The van der Waals surface area contributed by atoms with Crippen LogP contribution in [0.25, 0.3) is 0 Å². The van der Waals surface area contributed by atoms with Crippen molar-refractivity contribution >= 4 is 27.5 Å². The summed E-state index contributed by atoms with van der Waals surface area (Å²) in [6.45, 7) is 0.921. The molecule has 1 heterocycles. The highest BCUT2D eigenvalue weighted by molar-refractivity contribution is 7.89. The Morgan fingerprint density at radius 3 is 2.54 bits per heavy atom. The largest absolute Gasteiger partial charge is 0.348 e. The monoisotopic (exact) mass is 396 g/mol. The summed E-state index contributed by atoms with van der Waals surface area (Å²) in [5.74, 6) is -0.985. The van der Waals surface area contributed by atoms with Gasteiger partial charge in [0, 0.05) is 25.2 Å². The Bertz CT molecular complexity index is 928. The Morgan fingerprint density at radius 1 is 1.15 bits per heavy atom. The fourth-order valence-corrected chi connectivity index (χ4v) is 4.58. The molecule has 0 spiro atoms. The van der Waals surface area contributed by atoms with Gasteiger partial charge in [-0.15, -0.1) is 0 Å². The van der Waals surface area contributed by atoms with E-state index in [9.17, 15) is 17.6 Å². The molecule has 5 nitrogen and oxygen atoms in total. The number of hydrogen-bond donors (Lipinski definition) is 1. The minimum atomic E-state index is -3.65. The van der Waals surface area contributed by atoms with E-state index in [-0.39, 0.29) is 22.0 Å². The molecule has 8 heteroatoms. The molecule has 3 rings (SSSR count). The fourth-order valence-electron chi connectivity index (χ4n) is 2.83. The molecule has 1 amide bonds. The number of halogens is 2. The Labute approximate surface area is 156 Å². The Hall–Kier alpha value is -1.96. The maximum absolute atomic E-state index is 13.7. The van der Waals surface area contributed by atoms with Gasteiger partial charge in [-0.25, -0.2) is 12.8 Å². The van der Waals surface area contributed by atoms with E-state index in [1.807, 2.05) is 0 Å². The number of sulfonamides is 1. The number of nitrogens with zero attached hydrogens (tertiary/aromatic N) is 1. The predicted molar refractivity (Wildman–Crippen MR) is 97.0 cm³/mol. The van der Waals surface area contributed by atoms with Crippen LogP contribution >= 0.6 is 11.6 Å². The van der Waals surface area contributed by atoms with Gasteiger partial charge >= 0.3 is 0 Å². The van der Waals surface area contributed by atoms with E-state index in [0.717, 1.165) is 12.8 Å². The first kappa shape index (κ1) is 18.8. The Balaban J connectivity index is 1.81. The van der Waals surface area contributed by atoms with Crippen LogP contribution < -0.4 is 5.32 Å². The molecule has 1 aliphatic rings. The highest BCUT2D eigenvalue weighted by Crippen LogP contribution is 2.25. The zero-order valence-corrected chi connectivity index (χ0v) is 15.5. The van der Waals surface area contributed by atoms with Crippen molar-refractivity contribution in [3.05, 3.63) is 64.4 Å². The molecule has 0 bridgehead atoms. The van der Waals surface area contributed by atoms with Gasteiger partial charge in [0.2, 0.25) is 10.0 Å². The van der Waals surface area contributed by atoms with Crippen LogP contribution in [0.5, 0.6) is 0 Å². The van der Waals surface area contributed by atoms with Crippen molar-refractivity contribution in [1.29, 1.82) is 0 Å². The number of hydrogen-bond acceptors (Lipinski definition) is 3. The predicted octanol–water partition coefficient (Wildman–Crippen LogP) is 3.19. The lowest BCUT2D eigenvalue weighted by Gasteiger charge is -2.16. The molecule has 1 N–H and O–H groups in total. The minimum Gasteiger partial charge on any atom is -0.348 e. The van der Waals surface area contributed by atoms with Crippen LogP contribution in [0.4, 0.5) is 4.39 Å².